The maximum atomic E-state index is 13.2. The number of piperidine rings is 1. The highest BCUT2D eigenvalue weighted by Gasteiger charge is 2.41. The second-order valence-electron chi connectivity index (χ2n) is 9.63. The predicted octanol–water partition coefficient (Wildman–Crippen LogP) is 3.91. The number of fused-ring (bicyclic) bond motifs is 2. The number of aromatic nitrogens is 1. The van der Waals surface area contributed by atoms with Gasteiger partial charge in [0.15, 0.2) is 0 Å². The summed E-state index contributed by atoms with van der Waals surface area (Å²) in [6.07, 6.45) is 3.31. The zero-order chi connectivity index (χ0) is 22.3. The molecule has 6 heteroatoms. The van der Waals surface area contributed by atoms with Crippen molar-refractivity contribution in [1.82, 2.24) is 25.0 Å². The highest BCUT2D eigenvalue weighted by atomic mass is 16.2. The average molecular weight is 426 g/mol. The van der Waals surface area contributed by atoms with Crippen LogP contribution in [0.1, 0.15) is 56.4 Å². The van der Waals surface area contributed by atoms with Gasteiger partial charge in [-0.3, -0.25) is 9.80 Å². The van der Waals surface area contributed by atoms with E-state index in [0.717, 1.165) is 32.4 Å². The minimum absolute atomic E-state index is 0.0517. The van der Waals surface area contributed by atoms with Crippen LogP contribution >= 0.6 is 0 Å². The molecule has 2 aliphatic rings. The number of amides is 2. The maximum Gasteiger partial charge on any atom is 0.318 e. The van der Waals surface area contributed by atoms with E-state index in [1.807, 2.05) is 19.0 Å². The molecule has 0 saturated carbocycles. The predicted molar refractivity (Wildman–Crippen MR) is 128 cm³/mol. The first kappa shape index (κ1) is 22.2. The highest BCUT2D eigenvalue weighted by molar-refractivity contribution is 5.89. The van der Waals surface area contributed by atoms with Crippen molar-refractivity contribution in [1.29, 1.82) is 0 Å². The summed E-state index contributed by atoms with van der Waals surface area (Å²) in [7, 11) is 4.04. The Morgan fingerprint density at radius 1 is 1.32 bits per heavy atom. The molecule has 31 heavy (non-hydrogen) atoms. The molecule has 6 nitrogen and oxygen atoms in total. The highest BCUT2D eigenvalue weighted by Crippen LogP contribution is 2.44. The van der Waals surface area contributed by atoms with E-state index in [9.17, 15) is 4.79 Å². The van der Waals surface area contributed by atoms with Crippen molar-refractivity contribution in [3.63, 3.8) is 0 Å². The fourth-order valence-electron chi connectivity index (χ4n) is 5.83. The summed E-state index contributed by atoms with van der Waals surface area (Å²) in [5, 5.41) is 4.83. The maximum absolute atomic E-state index is 13.2. The lowest BCUT2D eigenvalue weighted by Crippen LogP contribution is -2.59. The Hall–Kier alpha value is -2.05. The van der Waals surface area contributed by atoms with E-state index in [0.29, 0.717) is 18.5 Å². The van der Waals surface area contributed by atoms with E-state index >= 15 is 0 Å². The standard InChI is InChI=1S/C25H39N5O/c1-7-12-29-15-18(27-25(31)30(8-2)17(4)28(5)6)13-21-19-10-9-11-22-24(19)20(14-23(21)29)16(3)26-22/h9-11,17-18,21,23,26H,7-8,12-15H2,1-6H3,(H,27,31)/t17?,18-,21+,23+/m0/s1. The van der Waals surface area contributed by atoms with Gasteiger partial charge in [-0.1, -0.05) is 19.1 Å². The van der Waals surface area contributed by atoms with Crippen LogP contribution in [0.2, 0.25) is 0 Å². The molecule has 2 N–H and O–H groups in total. The smallest absolute Gasteiger partial charge is 0.318 e. The molecule has 1 saturated heterocycles. The van der Waals surface area contributed by atoms with E-state index in [1.54, 1.807) is 0 Å². The third-order valence-corrected chi connectivity index (χ3v) is 7.55. The van der Waals surface area contributed by atoms with Crippen LogP contribution in [0.15, 0.2) is 18.2 Å². The average Bonchev–Trinajstić information content (AvgIpc) is 3.06. The number of nitrogens with one attached hydrogen (secondary N) is 2. The van der Waals surface area contributed by atoms with E-state index < -0.39 is 0 Å². The number of aryl methyl sites for hydroxylation is 1. The number of hydrogen-bond acceptors (Lipinski definition) is 3. The van der Waals surface area contributed by atoms with Crippen LogP contribution in [0.25, 0.3) is 10.9 Å². The van der Waals surface area contributed by atoms with Crippen LogP contribution in [0.4, 0.5) is 4.79 Å². The molecule has 2 heterocycles. The molecule has 1 aromatic heterocycles. The van der Waals surface area contributed by atoms with Crippen LogP contribution in [0.5, 0.6) is 0 Å². The Kier molecular flexibility index (Phi) is 6.31. The SMILES string of the molecule is CCCN1C[C@@H](NC(=O)N(CC)C(C)N(C)C)C[C@@H]2c3cccc4[nH]c(C)c(c34)C[C@H]21. The van der Waals surface area contributed by atoms with Gasteiger partial charge in [0.1, 0.15) is 0 Å². The molecule has 4 rings (SSSR count). The lowest BCUT2D eigenvalue weighted by molar-refractivity contribution is 0.0862. The van der Waals surface area contributed by atoms with Crippen molar-refractivity contribution in [2.75, 3.05) is 33.7 Å². The first-order chi connectivity index (χ1) is 14.8. The van der Waals surface area contributed by atoms with E-state index in [-0.39, 0.29) is 18.2 Å². The van der Waals surface area contributed by atoms with E-state index in [2.05, 4.69) is 66.0 Å². The van der Waals surface area contributed by atoms with Gasteiger partial charge in [-0.15, -0.1) is 0 Å². The van der Waals surface area contributed by atoms with Crippen LogP contribution in [-0.2, 0) is 6.42 Å². The fraction of sp³-hybridized carbons (Fsp3) is 0.640. The quantitative estimate of drug-likeness (QED) is 0.690. The van der Waals surface area contributed by atoms with Gasteiger partial charge >= 0.3 is 6.03 Å². The number of carbonyl (C=O) groups excluding carboxylic acids is 1. The Morgan fingerprint density at radius 3 is 2.77 bits per heavy atom. The summed E-state index contributed by atoms with van der Waals surface area (Å²) in [6, 6.07) is 7.43. The van der Waals surface area contributed by atoms with Crippen molar-refractivity contribution in [3.05, 3.63) is 35.0 Å². The van der Waals surface area contributed by atoms with Gasteiger partial charge in [0.2, 0.25) is 0 Å². The summed E-state index contributed by atoms with van der Waals surface area (Å²) in [5.41, 5.74) is 5.52. The number of benzene rings is 1. The molecule has 2 amide bonds. The number of aromatic amines is 1. The van der Waals surface area contributed by atoms with Gasteiger partial charge in [-0.25, -0.2) is 4.79 Å². The van der Waals surface area contributed by atoms with E-state index in [4.69, 9.17) is 0 Å². The summed E-state index contributed by atoms with van der Waals surface area (Å²) in [5.74, 6) is 0.457. The molecule has 1 aliphatic carbocycles. The fourth-order valence-corrected chi connectivity index (χ4v) is 5.83. The van der Waals surface area contributed by atoms with Crippen molar-refractivity contribution in [2.24, 2.45) is 0 Å². The monoisotopic (exact) mass is 425 g/mol. The van der Waals surface area contributed by atoms with Gasteiger partial charge in [-0.05, 0) is 77.9 Å². The minimum atomic E-state index is 0.0517. The van der Waals surface area contributed by atoms with Crippen LogP contribution in [0, 0.1) is 6.92 Å². The summed E-state index contributed by atoms with van der Waals surface area (Å²) < 4.78 is 0. The molecule has 1 fully saturated rings. The van der Waals surface area contributed by atoms with Gasteiger partial charge in [-0.2, -0.15) is 0 Å². The molecule has 170 valence electrons. The first-order valence-electron chi connectivity index (χ1n) is 11.9. The normalized spacial score (nSPS) is 24.3. The molecule has 1 aromatic carbocycles. The van der Waals surface area contributed by atoms with Gasteiger partial charge in [0.25, 0.3) is 0 Å². The van der Waals surface area contributed by atoms with Crippen molar-refractivity contribution in [2.45, 2.75) is 71.1 Å². The van der Waals surface area contributed by atoms with Gasteiger partial charge < -0.3 is 15.2 Å². The van der Waals surface area contributed by atoms with Crippen molar-refractivity contribution >= 4 is 16.9 Å². The van der Waals surface area contributed by atoms with Crippen molar-refractivity contribution < 1.29 is 4.79 Å². The Bertz CT molecular complexity index is 935. The topological polar surface area (TPSA) is 54.6 Å². The molecule has 2 aromatic rings. The Balaban J connectivity index is 1.61. The number of likely N-dealkylation sites (tertiary alicyclic amines) is 1. The summed E-state index contributed by atoms with van der Waals surface area (Å²) in [6.45, 7) is 11.3. The molecule has 4 atom stereocenters. The van der Waals surface area contributed by atoms with Gasteiger partial charge in [0.05, 0.1) is 6.17 Å². The minimum Gasteiger partial charge on any atom is -0.358 e. The lowest BCUT2D eigenvalue weighted by atomic mass is 9.73. The number of nitrogens with zero attached hydrogens (tertiary/aromatic N) is 3. The number of carbonyl (C=O) groups is 1. The Labute approximate surface area is 187 Å². The lowest BCUT2D eigenvalue weighted by Gasteiger charge is -2.47. The second-order valence-corrected chi connectivity index (χ2v) is 9.63. The Morgan fingerprint density at radius 2 is 2.10 bits per heavy atom. The zero-order valence-corrected chi connectivity index (χ0v) is 20.0. The number of H-pyrrole nitrogens is 1. The molecular formula is C25H39N5O. The summed E-state index contributed by atoms with van der Waals surface area (Å²) in [4.78, 5) is 23.4. The van der Waals surface area contributed by atoms with Gasteiger partial charge in [0, 0.05) is 47.7 Å². The first-order valence-corrected chi connectivity index (χ1v) is 11.9. The number of hydrogen-bond donors (Lipinski definition) is 2. The van der Waals surface area contributed by atoms with Crippen molar-refractivity contribution in [3.8, 4) is 0 Å². The second kappa shape index (κ2) is 8.83. The molecular weight excluding hydrogens is 386 g/mol. The molecule has 1 unspecified atom stereocenters. The van der Waals surface area contributed by atoms with Crippen LogP contribution < -0.4 is 5.32 Å². The largest absolute Gasteiger partial charge is 0.358 e. The molecule has 0 radical (unpaired) electrons. The summed E-state index contributed by atoms with van der Waals surface area (Å²) >= 11 is 0. The number of urea groups is 1. The van der Waals surface area contributed by atoms with Crippen LogP contribution in [0.3, 0.4) is 0 Å². The van der Waals surface area contributed by atoms with Crippen LogP contribution in [-0.4, -0.2) is 77.7 Å². The third kappa shape index (κ3) is 3.96. The molecule has 0 bridgehead atoms. The van der Waals surface area contributed by atoms with E-state index in [1.165, 1.54) is 27.7 Å². The molecule has 0 spiro atoms. The third-order valence-electron chi connectivity index (χ3n) is 7.55. The number of rotatable bonds is 6. The molecule has 1 aliphatic heterocycles. The zero-order valence-electron chi connectivity index (χ0n) is 20.0.